The first-order valence-electron chi connectivity index (χ1n) is 9.82. The molecular formula is C24H23F2NO5. The average molecular weight is 443 g/mol. The fourth-order valence-electron chi connectivity index (χ4n) is 3.36. The highest BCUT2D eigenvalue weighted by molar-refractivity contribution is 6.03. The summed E-state index contributed by atoms with van der Waals surface area (Å²) >= 11 is 0. The summed E-state index contributed by atoms with van der Waals surface area (Å²) in [6, 6.07) is 6.53. The number of methoxy groups -OCH3 is 3. The number of ether oxygens (including phenoxy) is 3. The van der Waals surface area contributed by atoms with Crippen molar-refractivity contribution < 1.29 is 32.6 Å². The number of Topliss-reactive ketones (excluding diaryl/α,β-unsaturated/α-hetero) is 1. The third-order valence-corrected chi connectivity index (χ3v) is 5.04. The maximum atomic E-state index is 14.0. The molecule has 0 atom stereocenters. The van der Waals surface area contributed by atoms with Crippen LogP contribution in [0.4, 0.5) is 8.78 Å². The van der Waals surface area contributed by atoms with E-state index in [0.717, 1.165) is 12.1 Å². The summed E-state index contributed by atoms with van der Waals surface area (Å²) in [5.41, 5.74) is 1.04. The van der Waals surface area contributed by atoms with E-state index >= 15 is 0 Å². The number of likely N-dealkylation sites (tertiary alicyclic amines) is 1. The largest absolute Gasteiger partial charge is 0.493 e. The summed E-state index contributed by atoms with van der Waals surface area (Å²) in [5, 5.41) is 0. The van der Waals surface area contributed by atoms with Crippen molar-refractivity contribution in [3.05, 3.63) is 64.7 Å². The fourth-order valence-corrected chi connectivity index (χ4v) is 3.36. The molecule has 0 bridgehead atoms. The van der Waals surface area contributed by atoms with Crippen molar-refractivity contribution in [2.24, 2.45) is 0 Å². The number of rotatable bonds is 6. The molecule has 1 amide bonds. The molecule has 0 saturated carbocycles. The number of amides is 1. The second kappa shape index (κ2) is 10.1. The zero-order valence-corrected chi connectivity index (χ0v) is 18.0. The summed E-state index contributed by atoms with van der Waals surface area (Å²) in [6.07, 6.45) is 4.47. The molecule has 8 heteroatoms. The van der Waals surface area contributed by atoms with Gasteiger partial charge in [0, 0.05) is 42.8 Å². The van der Waals surface area contributed by atoms with E-state index in [9.17, 15) is 18.4 Å². The van der Waals surface area contributed by atoms with Gasteiger partial charge in [0.2, 0.25) is 11.7 Å². The van der Waals surface area contributed by atoms with E-state index < -0.39 is 11.6 Å². The van der Waals surface area contributed by atoms with Crippen molar-refractivity contribution in [3.63, 3.8) is 0 Å². The van der Waals surface area contributed by atoms with Crippen molar-refractivity contribution in [1.82, 2.24) is 4.90 Å². The highest BCUT2D eigenvalue weighted by atomic mass is 19.1. The number of hydrogen-bond donors (Lipinski definition) is 0. The quantitative estimate of drug-likeness (QED) is 0.634. The second-order valence-corrected chi connectivity index (χ2v) is 7.06. The molecule has 1 heterocycles. The van der Waals surface area contributed by atoms with Crippen LogP contribution in [-0.4, -0.2) is 51.0 Å². The van der Waals surface area contributed by atoms with E-state index in [-0.39, 0.29) is 42.3 Å². The third-order valence-electron chi connectivity index (χ3n) is 5.04. The first-order chi connectivity index (χ1) is 15.4. The highest BCUT2D eigenvalue weighted by Crippen LogP contribution is 2.38. The normalized spacial score (nSPS) is 15.3. The maximum absolute atomic E-state index is 14.0. The molecule has 0 spiro atoms. The SMILES string of the molecule is COc1cc(/C=C/C(=O)N2CCC(=O)/C(=C/c3ccc(F)cc3F)C2)cc(OC)c1OC. The van der Waals surface area contributed by atoms with Crippen LogP contribution in [0.2, 0.25) is 0 Å². The Balaban J connectivity index is 1.79. The number of carbonyl (C=O) groups is 2. The molecule has 0 aliphatic carbocycles. The van der Waals surface area contributed by atoms with E-state index in [0.29, 0.717) is 22.8 Å². The van der Waals surface area contributed by atoms with Crippen molar-refractivity contribution in [3.8, 4) is 17.2 Å². The maximum Gasteiger partial charge on any atom is 0.246 e. The van der Waals surface area contributed by atoms with Crippen LogP contribution in [0.15, 0.2) is 42.0 Å². The second-order valence-electron chi connectivity index (χ2n) is 7.06. The molecule has 1 aliphatic heterocycles. The van der Waals surface area contributed by atoms with Gasteiger partial charge in [0.1, 0.15) is 11.6 Å². The van der Waals surface area contributed by atoms with Gasteiger partial charge in [0.15, 0.2) is 17.3 Å². The van der Waals surface area contributed by atoms with Crippen molar-refractivity contribution in [1.29, 1.82) is 0 Å². The van der Waals surface area contributed by atoms with Crippen LogP contribution in [0.1, 0.15) is 17.5 Å². The smallest absolute Gasteiger partial charge is 0.246 e. The van der Waals surface area contributed by atoms with Gasteiger partial charge in [0.25, 0.3) is 0 Å². The molecule has 0 radical (unpaired) electrons. The Morgan fingerprint density at radius 3 is 2.31 bits per heavy atom. The van der Waals surface area contributed by atoms with Crippen LogP contribution in [0.3, 0.4) is 0 Å². The van der Waals surface area contributed by atoms with Gasteiger partial charge in [-0.05, 0) is 42.0 Å². The molecule has 1 fully saturated rings. The summed E-state index contributed by atoms with van der Waals surface area (Å²) in [6.45, 7) is 0.286. The lowest BCUT2D eigenvalue weighted by molar-refractivity contribution is -0.128. The number of nitrogens with zero attached hydrogens (tertiary/aromatic N) is 1. The Hall–Kier alpha value is -3.68. The van der Waals surface area contributed by atoms with E-state index in [1.807, 2.05) is 0 Å². The monoisotopic (exact) mass is 443 g/mol. The minimum atomic E-state index is -0.768. The van der Waals surface area contributed by atoms with Gasteiger partial charge in [-0.15, -0.1) is 0 Å². The molecule has 1 aliphatic rings. The molecule has 2 aromatic carbocycles. The standard InChI is InChI=1S/C24H23F2NO5/c1-30-21-10-15(11-22(31-2)24(21)32-3)4-7-23(29)27-9-8-20(28)17(14-27)12-16-5-6-18(25)13-19(16)26/h4-7,10-13H,8-9,14H2,1-3H3/b7-4+,17-12+. The molecule has 0 N–H and O–H groups in total. The Bertz CT molecular complexity index is 1070. The van der Waals surface area contributed by atoms with Gasteiger partial charge < -0.3 is 19.1 Å². The zero-order valence-electron chi connectivity index (χ0n) is 18.0. The number of benzene rings is 2. The molecule has 0 aromatic heterocycles. The Kier molecular flexibility index (Phi) is 7.25. The molecule has 32 heavy (non-hydrogen) atoms. The summed E-state index contributed by atoms with van der Waals surface area (Å²) < 4.78 is 43.0. The number of piperidine rings is 1. The summed E-state index contributed by atoms with van der Waals surface area (Å²) in [4.78, 5) is 26.5. The molecule has 3 rings (SSSR count). The molecule has 1 saturated heterocycles. The Morgan fingerprint density at radius 1 is 1.03 bits per heavy atom. The molecule has 0 unspecified atom stereocenters. The van der Waals surface area contributed by atoms with Crippen molar-refractivity contribution in [2.75, 3.05) is 34.4 Å². The van der Waals surface area contributed by atoms with Crippen LogP contribution in [-0.2, 0) is 9.59 Å². The van der Waals surface area contributed by atoms with Gasteiger partial charge in [-0.1, -0.05) is 0 Å². The minimum Gasteiger partial charge on any atom is -0.493 e. The molecule has 6 nitrogen and oxygen atoms in total. The average Bonchev–Trinajstić information content (AvgIpc) is 2.79. The lowest BCUT2D eigenvalue weighted by Gasteiger charge is -2.27. The van der Waals surface area contributed by atoms with Crippen LogP contribution >= 0.6 is 0 Å². The van der Waals surface area contributed by atoms with Crippen LogP contribution in [0.25, 0.3) is 12.2 Å². The van der Waals surface area contributed by atoms with Gasteiger partial charge in [0.05, 0.1) is 21.3 Å². The van der Waals surface area contributed by atoms with Crippen LogP contribution in [0.5, 0.6) is 17.2 Å². The highest BCUT2D eigenvalue weighted by Gasteiger charge is 2.24. The topological polar surface area (TPSA) is 65.1 Å². The Labute approximate surface area is 184 Å². The van der Waals surface area contributed by atoms with E-state index in [4.69, 9.17) is 14.2 Å². The summed E-state index contributed by atoms with van der Waals surface area (Å²) in [5.74, 6) is -0.605. The number of halogens is 2. The van der Waals surface area contributed by atoms with E-state index in [1.54, 1.807) is 18.2 Å². The van der Waals surface area contributed by atoms with Crippen molar-refractivity contribution >= 4 is 23.8 Å². The Morgan fingerprint density at radius 2 is 1.72 bits per heavy atom. The minimum absolute atomic E-state index is 0.0358. The number of hydrogen-bond acceptors (Lipinski definition) is 5. The van der Waals surface area contributed by atoms with Gasteiger partial charge in [-0.3, -0.25) is 9.59 Å². The van der Waals surface area contributed by atoms with Crippen LogP contribution in [0, 0.1) is 11.6 Å². The molecule has 168 valence electrons. The van der Waals surface area contributed by atoms with Crippen molar-refractivity contribution in [2.45, 2.75) is 6.42 Å². The third kappa shape index (κ3) is 5.14. The summed E-state index contributed by atoms with van der Waals surface area (Å²) in [7, 11) is 4.50. The zero-order chi connectivity index (χ0) is 23.3. The van der Waals surface area contributed by atoms with E-state index in [1.165, 1.54) is 44.4 Å². The lowest BCUT2D eigenvalue weighted by atomic mass is 10.00. The first-order valence-corrected chi connectivity index (χ1v) is 9.82. The van der Waals surface area contributed by atoms with Gasteiger partial charge >= 0.3 is 0 Å². The lowest BCUT2D eigenvalue weighted by Crippen LogP contribution is -2.39. The van der Waals surface area contributed by atoms with Gasteiger partial charge in [-0.25, -0.2) is 8.78 Å². The molecular weight excluding hydrogens is 420 g/mol. The predicted octanol–water partition coefficient (Wildman–Crippen LogP) is 3.89. The van der Waals surface area contributed by atoms with Crippen LogP contribution < -0.4 is 14.2 Å². The first kappa shape index (κ1) is 23.0. The number of carbonyl (C=O) groups excluding carboxylic acids is 2. The van der Waals surface area contributed by atoms with Gasteiger partial charge in [-0.2, -0.15) is 0 Å². The fraction of sp³-hybridized carbons (Fsp3) is 0.250. The number of ketones is 1. The molecule has 2 aromatic rings. The predicted molar refractivity (Wildman–Crippen MR) is 116 cm³/mol. The van der Waals surface area contributed by atoms with E-state index in [2.05, 4.69) is 0 Å².